The van der Waals surface area contributed by atoms with Crippen molar-refractivity contribution in [1.29, 1.82) is 0 Å². The van der Waals surface area contributed by atoms with Crippen LogP contribution in [-0.2, 0) is 6.42 Å². The number of hydrogen-bond donors (Lipinski definition) is 1. The summed E-state index contributed by atoms with van der Waals surface area (Å²) in [5, 5.41) is 4.40. The molecular weight excluding hydrogens is 481 g/mol. The molecule has 1 N–H and O–H groups in total. The summed E-state index contributed by atoms with van der Waals surface area (Å²) in [4.78, 5) is 26.5. The Morgan fingerprint density at radius 1 is 0.771 bits per heavy atom. The van der Waals surface area contributed by atoms with Crippen molar-refractivity contribution >= 4 is 51.6 Å². The summed E-state index contributed by atoms with van der Waals surface area (Å²) in [6.07, 6.45) is 0.660. The number of amides is 1. The Labute approximate surface area is 214 Å². The number of fused-ring (bicyclic) bond motifs is 1. The largest absolute Gasteiger partial charge is 0.367 e. The first-order chi connectivity index (χ1) is 17.1. The fraction of sp³-hybridized carbons (Fsp3) is 0.222. The van der Waals surface area contributed by atoms with E-state index in [1.54, 1.807) is 6.07 Å². The molecular formula is C27H25Cl2N5O. The van der Waals surface area contributed by atoms with Crippen LogP contribution in [-0.4, -0.2) is 48.6 Å². The van der Waals surface area contributed by atoms with Gasteiger partial charge in [0.15, 0.2) is 0 Å². The van der Waals surface area contributed by atoms with Crippen molar-refractivity contribution in [2.45, 2.75) is 6.42 Å². The number of nitrogens with zero attached hydrogens (tertiary/aromatic N) is 4. The Bertz CT molecular complexity index is 1350. The molecule has 2 aromatic heterocycles. The lowest BCUT2D eigenvalue weighted by molar-refractivity contribution is 0.0949. The summed E-state index contributed by atoms with van der Waals surface area (Å²) < 4.78 is 0. The minimum absolute atomic E-state index is 0.210. The Morgan fingerprint density at radius 2 is 1.43 bits per heavy atom. The molecule has 0 saturated carbocycles. The molecule has 8 heteroatoms. The van der Waals surface area contributed by atoms with Crippen molar-refractivity contribution in [3.05, 3.63) is 94.1 Å². The van der Waals surface area contributed by atoms with Gasteiger partial charge in [-0.2, -0.15) is 0 Å². The third kappa shape index (κ3) is 5.34. The van der Waals surface area contributed by atoms with Crippen LogP contribution in [0, 0.1) is 0 Å². The van der Waals surface area contributed by atoms with Gasteiger partial charge in [-0.1, -0.05) is 53.5 Å². The van der Waals surface area contributed by atoms with Crippen LogP contribution in [0.5, 0.6) is 0 Å². The highest BCUT2D eigenvalue weighted by molar-refractivity contribution is 6.33. The number of rotatable bonds is 6. The van der Waals surface area contributed by atoms with Crippen molar-refractivity contribution in [2.75, 3.05) is 42.5 Å². The summed E-state index contributed by atoms with van der Waals surface area (Å²) >= 11 is 12.6. The molecule has 6 nitrogen and oxygen atoms in total. The van der Waals surface area contributed by atoms with Gasteiger partial charge in [-0.3, -0.25) is 4.79 Å². The topological polar surface area (TPSA) is 61.4 Å². The average Bonchev–Trinajstić information content (AvgIpc) is 2.89. The van der Waals surface area contributed by atoms with Crippen LogP contribution >= 0.6 is 23.2 Å². The molecule has 0 unspecified atom stereocenters. The minimum Gasteiger partial charge on any atom is -0.367 e. The average molecular weight is 506 g/mol. The molecule has 1 aliphatic heterocycles. The van der Waals surface area contributed by atoms with Crippen molar-refractivity contribution in [3.8, 4) is 0 Å². The predicted molar refractivity (Wildman–Crippen MR) is 143 cm³/mol. The van der Waals surface area contributed by atoms with Gasteiger partial charge in [0, 0.05) is 37.7 Å². The molecule has 0 aliphatic carbocycles. The van der Waals surface area contributed by atoms with Gasteiger partial charge in [0.1, 0.15) is 11.5 Å². The van der Waals surface area contributed by atoms with E-state index in [2.05, 4.69) is 26.2 Å². The zero-order valence-corrected chi connectivity index (χ0v) is 20.6. The van der Waals surface area contributed by atoms with Gasteiger partial charge in [-0.25, -0.2) is 9.97 Å². The van der Waals surface area contributed by atoms with Gasteiger partial charge < -0.3 is 15.1 Å². The summed E-state index contributed by atoms with van der Waals surface area (Å²) in [5.74, 6) is 0.703. The normalized spacial score (nSPS) is 13.8. The molecule has 0 atom stereocenters. The number of para-hydroxylation sites is 1. The van der Waals surface area contributed by atoms with E-state index in [-0.39, 0.29) is 5.91 Å². The molecule has 2 aromatic carbocycles. The molecule has 35 heavy (non-hydrogen) atoms. The minimum atomic E-state index is -0.210. The fourth-order valence-electron chi connectivity index (χ4n) is 4.29. The van der Waals surface area contributed by atoms with E-state index in [0.717, 1.165) is 53.8 Å². The van der Waals surface area contributed by atoms with Crippen LogP contribution in [0.2, 0.25) is 10.0 Å². The maximum absolute atomic E-state index is 12.6. The Kier molecular flexibility index (Phi) is 7.02. The second kappa shape index (κ2) is 10.5. The lowest BCUT2D eigenvalue weighted by Gasteiger charge is -2.37. The molecule has 5 rings (SSSR count). The lowest BCUT2D eigenvalue weighted by atomic mass is 10.1. The van der Waals surface area contributed by atoms with Crippen molar-refractivity contribution in [1.82, 2.24) is 15.3 Å². The van der Waals surface area contributed by atoms with E-state index in [1.165, 1.54) is 0 Å². The number of pyridine rings is 2. The molecule has 4 aromatic rings. The molecule has 178 valence electrons. The summed E-state index contributed by atoms with van der Waals surface area (Å²) in [5.41, 5.74) is 3.91. The number of nitrogens with one attached hydrogen (secondary N) is 1. The van der Waals surface area contributed by atoms with Gasteiger partial charge in [0.2, 0.25) is 0 Å². The number of anilines is 2. The highest BCUT2D eigenvalue weighted by Crippen LogP contribution is 2.27. The molecule has 1 amide bonds. The molecule has 0 spiro atoms. The van der Waals surface area contributed by atoms with Crippen LogP contribution in [0.25, 0.3) is 11.0 Å². The van der Waals surface area contributed by atoms with E-state index in [4.69, 9.17) is 28.2 Å². The quantitative estimate of drug-likeness (QED) is 0.388. The monoisotopic (exact) mass is 505 g/mol. The Hall–Kier alpha value is -3.35. The number of hydrogen-bond acceptors (Lipinski definition) is 5. The molecule has 0 radical (unpaired) electrons. The molecule has 1 aliphatic rings. The fourth-order valence-corrected chi connectivity index (χ4v) is 4.77. The number of piperazine rings is 1. The number of halogens is 2. The molecule has 3 heterocycles. The van der Waals surface area contributed by atoms with Crippen LogP contribution in [0.15, 0.2) is 72.8 Å². The van der Waals surface area contributed by atoms with Gasteiger partial charge in [-0.05, 0) is 54.4 Å². The zero-order valence-electron chi connectivity index (χ0n) is 19.1. The van der Waals surface area contributed by atoms with E-state index < -0.39 is 0 Å². The highest BCUT2D eigenvalue weighted by atomic mass is 35.5. The molecule has 1 saturated heterocycles. The van der Waals surface area contributed by atoms with Crippen molar-refractivity contribution < 1.29 is 4.79 Å². The van der Waals surface area contributed by atoms with E-state index in [1.807, 2.05) is 60.7 Å². The van der Waals surface area contributed by atoms with Gasteiger partial charge in [0.25, 0.3) is 5.91 Å². The predicted octanol–water partition coefficient (Wildman–Crippen LogP) is 5.24. The highest BCUT2D eigenvalue weighted by Gasteiger charge is 2.20. The van der Waals surface area contributed by atoms with Crippen LogP contribution < -0.4 is 15.1 Å². The first kappa shape index (κ1) is 23.4. The van der Waals surface area contributed by atoms with Crippen LogP contribution in [0.3, 0.4) is 0 Å². The number of carbonyl (C=O) groups is 1. The SMILES string of the molecule is O=C(NCCc1ccccc1Cl)c1ccc2nc(N3CCN(c4ccccc4Cl)CC3)ccc2n1. The van der Waals surface area contributed by atoms with Gasteiger partial charge in [0.05, 0.1) is 21.7 Å². The number of benzene rings is 2. The van der Waals surface area contributed by atoms with Gasteiger partial charge >= 0.3 is 0 Å². The van der Waals surface area contributed by atoms with E-state index >= 15 is 0 Å². The molecule has 1 fully saturated rings. The molecule has 0 bridgehead atoms. The first-order valence-electron chi connectivity index (χ1n) is 11.6. The maximum Gasteiger partial charge on any atom is 0.269 e. The second-order valence-corrected chi connectivity index (χ2v) is 9.24. The van der Waals surface area contributed by atoms with Crippen LogP contribution in [0.1, 0.15) is 16.1 Å². The second-order valence-electron chi connectivity index (χ2n) is 8.43. The van der Waals surface area contributed by atoms with Crippen molar-refractivity contribution in [3.63, 3.8) is 0 Å². The van der Waals surface area contributed by atoms with Crippen molar-refractivity contribution in [2.24, 2.45) is 0 Å². The first-order valence-corrected chi connectivity index (χ1v) is 12.4. The Morgan fingerprint density at radius 3 is 2.20 bits per heavy atom. The summed E-state index contributed by atoms with van der Waals surface area (Å²) in [7, 11) is 0. The lowest BCUT2D eigenvalue weighted by Crippen LogP contribution is -2.46. The van der Waals surface area contributed by atoms with E-state index in [0.29, 0.717) is 29.2 Å². The zero-order chi connectivity index (χ0) is 24.2. The van der Waals surface area contributed by atoms with Crippen LogP contribution in [0.4, 0.5) is 11.5 Å². The third-order valence-corrected chi connectivity index (χ3v) is 6.88. The maximum atomic E-state index is 12.6. The van der Waals surface area contributed by atoms with E-state index in [9.17, 15) is 4.79 Å². The number of carbonyl (C=O) groups excluding carboxylic acids is 1. The number of aromatic nitrogens is 2. The summed E-state index contributed by atoms with van der Waals surface area (Å²) in [6.45, 7) is 3.93. The summed E-state index contributed by atoms with van der Waals surface area (Å²) in [6, 6.07) is 23.1. The van der Waals surface area contributed by atoms with Gasteiger partial charge in [-0.15, -0.1) is 0 Å². The Balaban J connectivity index is 1.21. The smallest absolute Gasteiger partial charge is 0.269 e. The third-order valence-electron chi connectivity index (χ3n) is 6.19. The standard InChI is InChI=1S/C27H25Cl2N5O/c28-20-6-2-1-5-19(20)13-14-30-27(35)24-10-9-23-22(31-24)11-12-26(32-23)34-17-15-33(16-18-34)25-8-4-3-7-21(25)29/h1-12H,13-18H2,(H,30,35).